The number of halogens is 3. The number of amides is 2. The van der Waals surface area contributed by atoms with Gasteiger partial charge in [0, 0.05) is 30.3 Å². The standard InChI is InChI=1S/C27H27F3N6O/c1-36-22(20-7-2-3-8-21(20)27(28,29)30)34-35-23(36)26-12-9-25(10-13-26,11-14-26)17-32-24(37)33-19-6-4-5-18(15-19)16-31/h2-8,15H,9-14,17H2,1H3,(H2,32,33,37). The molecule has 3 saturated carbocycles. The number of nitriles is 1. The third-order valence-electron chi connectivity index (χ3n) is 8.10. The van der Waals surface area contributed by atoms with E-state index in [1.165, 1.54) is 12.1 Å². The topological polar surface area (TPSA) is 95.6 Å². The van der Waals surface area contributed by atoms with E-state index >= 15 is 0 Å². The van der Waals surface area contributed by atoms with Crippen LogP contribution in [0, 0.1) is 16.7 Å². The van der Waals surface area contributed by atoms with Crippen molar-refractivity contribution in [3.05, 3.63) is 65.5 Å². The summed E-state index contributed by atoms with van der Waals surface area (Å²) < 4.78 is 42.5. The number of hydrogen-bond donors (Lipinski definition) is 2. The Morgan fingerprint density at radius 1 is 1.05 bits per heavy atom. The number of rotatable bonds is 5. The molecule has 192 valence electrons. The summed E-state index contributed by atoms with van der Waals surface area (Å²) in [4.78, 5) is 12.5. The van der Waals surface area contributed by atoms with E-state index < -0.39 is 11.7 Å². The highest BCUT2D eigenvalue weighted by Gasteiger charge is 2.51. The van der Waals surface area contributed by atoms with Gasteiger partial charge in [-0.05, 0) is 68.2 Å². The molecular formula is C27H27F3N6O. The Bertz CT molecular complexity index is 1350. The quantitative estimate of drug-likeness (QED) is 0.456. The number of urea groups is 1. The molecule has 2 N–H and O–H groups in total. The molecule has 0 radical (unpaired) electrons. The molecule has 37 heavy (non-hydrogen) atoms. The zero-order chi connectivity index (χ0) is 26.3. The molecule has 0 unspecified atom stereocenters. The molecule has 3 fully saturated rings. The SMILES string of the molecule is Cn1c(-c2ccccc2C(F)(F)F)nnc1C12CCC(CNC(=O)Nc3cccc(C#N)c3)(CC1)CC2. The van der Waals surface area contributed by atoms with Crippen LogP contribution in [0.2, 0.25) is 0 Å². The number of hydrogen-bond acceptors (Lipinski definition) is 4. The van der Waals surface area contributed by atoms with E-state index in [2.05, 4.69) is 26.9 Å². The number of aromatic nitrogens is 3. The van der Waals surface area contributed by atoms with E-state index in [1.54, 1.807) is 41.9 Å². The molecule has 3 aliphatic rings. The van der Waals surface area contributed by atoms with Gasteiger partial charge in [0.2, 0.25) is 0 Å². The van der Waals surface area contributed by atoms with Crippen molar-refractivity contribution < 1.29 is 18.0 Å². The van der Waals surface area contributed by atoms with E-state index in [9.17, 15) is 18.0 Å². The fourth-order valence-corrected chi connectivity index (χ4v) is 5.92. The van der Waals surface area contributed by atoms with Gasteiger partial charge in [0.25, 0.3) is 0 Å². The predicted octanol–water partition coefficient (Wildman–Crippen LogP) is 5.79. The number of alkyl halides is 3. The summed E-state index contributed by atoms with van der Waals surface area (Å²) in [5, 5.41) is 23.4. The second kappa shape index (κ2) is 9.21. The molecule has 0 aliphatic heterocycles. The van der Waals surface area contributed by atoms with E-state index in [1.807, 2.05) is 0 Å². The van der Waals surface area contributed by atoms with Crippen molar-refractivity contribution in [2.24, 2.45) is 12.5 Å². The van der Waals surface area contributed by atoms with Gasteiger partial charge >= 0.3 is 12.2 Å². The average molecular weight is 509 g/mol. The highest BCUT2D eigenvalue weighted by atomic mass is 19.4. The normalized spacial score (nSPS) is 22.9. The fourth-order valence-electron chi connectivity index (χ4n) is 5.92. The summed E-state index contributed by atoms with van der Waals surface area (Å²) in [5.41, 5.74) is 0.104. The van der Waals surface area contributed by atoms with Gasteiger partial charge in [0.1, 0.15) is 5.82 Å². The number of carbonyl (C=O) groups excluding carboxylic acids is 1. The molecule has 3 aliphatic carbocycles. The van der Waals surface area contributed by atoms with Crippen LogP contribution in [0.15, 0.2) is 48.5 Å². The molecule has 0 atom stereocenters. The van der Waals surface area contributed by atoms with Crippen LogP contribution < -0.4 is 10.6 Å². The van der Waals surface area contributed by atoms with Crippen molar-refractivity contribution in [2.75, 3.05) is 11.9 Å². The Morgan fingerprint density at radius 2 is 1.76 bits per heavy atom. The monoisotopic (exact) mass is 508 g/mol. The summed E-state index contributed by atoms with van der Waals surface area (Å²) in [7, 11) is 1.75. The Balaban J connectivity index is 1.26. The smallest absolute Gasteiger partial charge is 0.337 e. The number of fused-ring (bicyclic) bond motifs is 3. The molecule has 6 rings (SSSR count). The number of anilines is 1. The zero-order valence-electron chi connectivity index (χ0n) is 20.4. The Kier molecular flexibility index (Phi) is 6.18. The van der Waals surface area contributed by atoms with Crippen LogP contribution in [0.5, 0.6) is 0 Å². The van der Waals surface area contributed by atoms with Crippen molar-refractivity contribution in [3.63, 3.8) is 0 Å². The van der Waals surface area contributed by atoms with E-state index in [0.29, 0.717) is 17.8 Å². The average Bonchev–Trinajstić information content (AvgIpc) is 3.30. The van der Waals surface area contributed by atoms with Crippen molar-refractivity contribution in [3.8, 4) is 17.5 Å². The number of benzene rings is 2. The van der Waals surface area contributed by atoms with Gasteiger partial charge in [-0.3, -0.25) is 0 Å². The lowest BCUT2D eigenvalue weighted by atomic mass is 9.53. The van der Waals surface area contributed by atoms with Gasteiger partial charge in [0.05, 0.1) is 17.2 Å². The minimum Gasteiger partial charge on any atom is -0.337 e. The van der Waals surface area contributed by atoms with Gasteiger partial charge in [-0.15, -0.1) is 10.2 Å². The molecule has 7 nitrogen and oxygen atoms in total. The van der Waals surface area contributed by atoms with Gasteiger partial charge < -0.3 is 15.2 Å². The third-order valence-corrected chi connectivity index (χ3v) is 8.10. The Morgan fingerprint density at radius 3 is 2.43 bits per heavy atom. The molecule has 2 amide bonds. The van der Waals surface area contributed by atoms with Crippen LogP contribution in [0.25, 0.3) is 11.4 Å². The number of carbonyl (C=O) groups is 1. The van der Waals surface area contributed by atoms with E-state index in [4.69, 9.17) is 5.26 Å². The maximum atomic E-state index is 13.6. The largest absolute Gasteiger partial charge is 0.417 e. The maximum absolute atomic E-state index is 13.6. The Labute approximate surface area is 212 Å². The summed E-state index contributed by atoms with van der Waals surface area (Å²) in [5.74, 6) is 0.953. The molecule has 0 saturated heterocycles. The second-order valence-corrected chi connectivity index (χ2v) is 10.2. The highest BCUT2D eigenvalue weighted by Crippen LogP contribution is 2.57. The summed E-state index contributed by atoms with van der Waals surface area (Å²) in [6.07, 6.45) is 0.706. The lowest BCUT2D eigenvalue weighted by molar-refractivity contribution is -0.137. The van der Waals surface area contributed by atoms with Gasteiger partial charge in [-0.2, -0.15) is 18.4 Å². The summed E-state index contributed by atoms with van der Waals surface area (Å²) in [6.45, 7) is 0.538. The third kappa shape index (κ3) is 4.66. The van der Waals surface area contributed by atoms with Gasteiger partial charge in [0.15, 0.2) is 5.82 Å². The predicted molar refractivity (Wildman–Crippen MR) is 131 cm³/mol. The first-order valence-electron chi connectivity index (χ1n) is 12.3. The zero-order valence-corrected chi connectivity index (χ0v) is 20.4. The van der Waals surface area contributed by atoms with Crippen molar-refractivity contribution in [2.45, 2.75) is 50.1 Å². The molecule has 0 spiro atoms. The lowest BCUT2D eigenvalue weighted by Crippen LogP contribution is -2.50. The van der Waals surface area contributed by atoms with Crippen molar-refractivity contribution >= 4 is 11.7 Å². The maximum Gasteiger partial charge on any atom is 0.417 e. The lowest BCUT2D eigenvalue weighted by Gasteiger charge is -2.52. The van der Waals surface area contributed by atoms with Crippen LogP contribution >= 0.6 is 0 Å². The number of nitrogens with one attached hydrogen (secondary N) is 2. The molecular weight excluding hydrogens is 481 g/mol. The van der Waals surface area contributed by atoms with Crippen molar-refractivity contribution in [1.29, 1.82) is 5.26 Å². The van der Waals surface area contributed by atoms with Crippen LogP contribution in [0.4, 0.5) is 23.7 Å². The van der Waals surface area contributed by atoms with E-state index in [-0.39, 0.29) is 28.2 Å². The Hall–Kier alpha value is -3.87. The minimum atomic E-state index is -4.48. The van der Waals surface area contributed by atoms with Crippen LogP contribution in [0.3, 0.4) is 0 Å². The molecule has 2 bridgehead atoms. The van der Waals surface area contributed by atoms with Crippen LogP contribution in [-0.4, -0.2) is 27.3 Å². The van der Waals surface area contributed by atoms with Crippen LogP contribution in [0.1, 0.15) is 55.5 Å². The highest BCUT2D eigenvalue weighted by molar-refractivity contribution is 5.89. The molecule has 1 aromatic heterocycles. The fraction of sp³-hybridized carbons (Fsp3) is 0.407. The minimum absolute atomic E-state index is 0.0160. The van der Waals surface area contributed by atoms with E-state index in [0.717, 1.165) is 50.4 Å². The first-order valence-corrected chi connectivity index (χ1v) is 12.3. The second-order valence-electron chi connectivity index (χ2n) is 10.2. The van der Waals surface area contributed by atoms with Crippen LogP contribution in [-0.2, 0) is 18.6 Å². The first-order chi connectivity index (χ1) is 17.6. The molecule has 10 heteroatoms. The number of nitrogens with zero attached hydrogens (tertiary/aromatic N) is 4. The van der Waals surface area contributed by atoms with Crippen molar-refractivity contribution in [1.82, 2.24) is 20.1 Å². The van der Waals surface area contributed by atoms with Gasteiger partial charge in [-0.25, -0.2) is 4.79 Å². The molecule has 2 aromatic carbocycles. The first kappa shape index (κ1) is 24.8. The molecule has 1 heterocycles. The molecule has 3 aromatic rings. The van der Waals surface area contributed by atoms with Gasteiger partial charge in [-0.1, -0.05) is 24.3 Å². The summed E-state index contributed by atoms with van der Waals surface area (Å²) in [6, 6.07) is 14.0. The summed E-state index contributed by atoms with van der Waals surface area (Å²) >= 11 is 0.